The van der Waals surface area contributed by atoms with Gasteiger partial charge in [-0.2, -0.15) is 0 Å². The van der Waals surface area contributed by atoms with Crippen molar-refractivity contribution in [2.24, 2.45) is 5.92 Å². The van der Waals surface area contributed by atoms with E-state index in [1.807, 2.05) is 16.7 Å². The van der Waals surface area contributed by atoms with Crippen molar-refractivity contribution in [3.8, 4) is 0 Å². The highest BCUT2D eigenvalue weighted by atomic mass is 32.2. The van der Waals surface area contributed by atoms with Crippen LogP contribution < -0.4 is 4.90 Å². The van der Waals surface area contributed by atoms with Crippen molar-refractivity contribution in [3.63, 3.8) is 0 Å². The summed E-state index contributed by atoms with van der Waals surface area (Å²) >= 11 is 1.49. The van der Waals surface area contributed by atoms with E-state index in [2.05, 4.69) is 30.3 Å². The van der Waals surface area contributed by atoms with Gasteiger partial charge >= 0.3 is 0 Å². The number of rotatable bonds is 7. The normalized spacial score (nSPS) is 14.4. The fraction of sp³-hybridized carbons (Fsp3) is 0.524. The molecule has 0 spiro atoms. The smallest absolute Gasteiger partial charge is 0.292 e. The Balaban J connectivity index is 1.58. The summed E-state index contributed by atoms with van der Waals surface area (Å²) in [4.78, 5) is 32.1. The van der Waals surface area contributed by atoms with Crippen LogP contribution in [0.2, 0.25) is 0 Å². The van der Waals surface area contributed by atoms with Gasteiger partial charge in [-0.25, -0.2) is 4.98 Å². The van der Waals surface area contributed by atoms with Crippen LogP contribution in [0.15, 0.2) is 29.4 Å². The van der Waals surface area contributed by atoms with Crippen molar-refractivity contribution in [1.29, 1.82) is 0 Å². The molecule has 9 heteroatoms. The monoisotopic (exact) mass is 431 g/mol. The number of para-hydroxylation sites is 2. The molecule has 2 aromatic rings. The lowest BCUT2D eigenvalue weighted by Crippen LogP contribution is -2.49. The minimum atomic E-state index is -0.354. The number of nitrogens with zero attached hydrogens (tertiary/aromatic N) is 5. The molecule has 162 valence electrons. The van der Waals surface area contributed by atoms with Gasteiger partial charge in [-0.1, -0.05) is 37.7 Å². The third-order valence-electron chi connectivity index (χ3n) is 5.35. The number of hydrogen-bond donors (Lipinski definition) is 0. The van der Waals surface area contributed by atoms with E-state index < -0.39 is 0 Å². The van der Waals surface area contributed by atoms with Gasteiger partial charge in [0, 0.05) is 44.5 Å². The Labute approximate surface area is 181 Å². The number of carbonyl (C=O) groups is 1. The molecule has 1 saturated heterocycles. The van der Waals surface area contributed by atoms with Crippen LogP contribution in [-0.2, 0) is 11.3 Å². The predicted molar refractivity (Wildman–Crippen MR) is 119 cm³/mol. The highest BCUT2D eigenvalue weighted by molar-refractivity contribution is 7.99. The van der Waals surface area contributed by atoms with E-state index in [-0.39, 0.29) is 16.5 Å². The summed E-state index contributed by atoms with van der Waals surface area (Å²) in [5.74, 6) is 0.929. The number of piperazine rings is 1. The van der Waals surface area contributed by atoms with E-state index >= 15 is 0 Å². The SMILES string of the molecule is Cc1nc(SCC(=O)N2CCN(c3ccccc3[N+](=O)[O-])CC2)n(CC(C)C)c1C. The van der Waals surface area contributed by atoms with Crippen molar-refractivity contribution in [2.45, 2.75) is 39.4 Å². The lowest BCUT2D eigenvalue weighted by molar-refractivity contribution is -0.384. The minimum absolute atomic E-state index is 0.0802. The average molecular weight is 432 g/mol. The molecule has 1 fully saturated rings. The van der Waals surface area contributed by atoms with E-state index in [0.29, 0.717) is 43.5 Å². The maximum atomic E-state index is 12.8. The lowest BCUT2D eigenvalue weighted by Gasteiger charge is -2.35. The van der Waals surface area contributed by atoms with Crippen molar-refractivity contribution in [1.82, 2.24) is 14.5 Å². The largest absolute Gasteiger partial charge is 0.362 e. The van der Waals surface area contributed by atoms with E-state index in [0.717, 1.165) is 23.1 Å². The topological polar surface area (TPSA) is 84.5 Å². The lowest BCUT2D eigenvalue weighted by atomic mass is 10.2. The van der Waals surface area contributed by atoms with Gasteiger partial charge in [0.15, 0.2) is 5.16 Å². The van der Waals surface area contributed by atoms with Gasteiger partial charge in [0.2, 0.25) is 5.91 Å². The van der Waals surface area contributed by atoms with E-state index in [1.165, 1.54) is 17.8 Å². The van der Waals surface area contributed by atoms with Crippen LogP contribution in [0.4, 0.5) is 11.4 Å². The number of benzene rings is 1. The molecular weight excluding hydrogens is 402 g/mol. The van der Waals surface area contributed by atoms with Gasteiger partial charge < -0.3 is 14.4 Å². The van der Waals surface area contributed by atoms with Gasteiger partial charge in [0.05, 0.1) is 16.4 Å². The Bertz CT molecular complexity index is 919. The first kappa shape index (κ1) is 22.1. The second kappa shape index (κ2) is 9.51. The second-order valence-electron chi connectivity index (χ2n) is 7.97. The van der Waals surface area contributed by atoms with E-state index in [4.69, 9.17) is 0 Å². The van der Waals surface area contributed by atoms with E-state index in [1.54, 1.807) is 18.2 Å². The van der Waals surface area contributed by atoms with Crippen molar-refractivity contribution >= 4 is 29.0 Å². The molecule has 1 aliphatic rings. The summed E-state index contributed by atoms with van der Waals surface area (Å²) in [6.07, 6.45) is 0. The van der Waals surface area contributed by atoms with Crippen LogP contribution in [0.3, 0.4) is 0 Å². The molecule has 1 amide bonds. The molecule has 0 bridgehead atoms. The molecule has 0 saturated carbocycles. The quantitative estimate of drug-likeness (QED) is 0.379. The summed E-state index contributed by atoms with van der Waals surface area (Å²) in [5.41, 5.74) is 2.88. The van der Waals surface area contributed by atoms with Crippen LogP contribution in [0, 0.1) is 29.9 Å². The zero-order chi connectivity index (χ0) is 21.8. The second-order valence-corrected chi connectivity index (χ2v) is 8.91. The van der Waals surface area contributed by atoms with Gasteiger partial charge in [-0.05, 0) is 25.8 Å². The standard InChI is InChI=1S/C21H29N5O3S/c1-15(2)13-25-17(4)16(3)22-21(25)30-14-20(27)24-11-9-23(10-12-24)18-7-5-6-8-19(18)26(28)29/h5-8,15H,9-14H2,1-4H3. The van der Waals surface area contributed by atoms with Crippen LogP contribution in [0.1, 0.15) is 25.2 Å². The molecule has 30 heavy (non-hydrogen) atoms. The number of aromatic nitrogens is 2. The molecule has 1 aliphatic heterocycles. The number of amides is 1. The summed E-state index contributed by atoms with van der Waals surface area (Å²) in [5, 5.41) is 12.2. The molecule has 8 nitrogen and oxygen atoms in total. The van der Waals surface area contributed by atoms with Crippen LogP contribution in [-0.4, -0.2) is 57.2 Å². The molecular formula is C21H29N5O3S. The zero-order valence-electron chi connectivity index (χ0n) is 18.0. The third-order valence-corrected chi connectivity index (χ3v) is 6.31. The zero-order valence-corrected chi connectivity index (χ0v) is 18.8. The van der Waals surface area contributed by atoms with Crippen molar-refractivity contribution < 1.29 is 9.72 Å². The van der Waals surface area contributed by atoms with Gasteiger partial charge in [0.1, 0.15) is 5.69 Å². The third kappa shape index (κ3) is 4.95. The van der Waals surface area contributed by atoms with Gasteiger partial charge in [0.25, 0.3) is 5.69 Å². The Kier molecular flexibility index (Phi) is 7.02. The first-order chi connectivity index (χ1) is 14.3. The van der Waals surface area contributed by atoms with Crippen molar-refractivity contribution in [2.75, 3.05) is 36.8 Å². The Morgan fingerprint density at radius 3 is 2.50 bits per heavy atom. The number of thioether (sulfide) groups is 1. The summed E-state index contributed by atoms with van der Waals surface area (Å²) in [6.45, 7) is 11.6. The fourth-order valence-corrected chi connectivity index (χ4v) is 4.62. The number of carbonyl (C=O) groups excluding carboxylic acids is 1. The number of imidazole rings is 1. The van der Waals surface area contributed by atoms with Crippen LogP contribution in [0.5, 0.6) is 0 Å². The number of hydrogen-bond acceptors (Lipinski definition) is 6. The van der Waals surface area contributed by atoms with Crippen LogP contribution >= 0.6 is 11.8 Å². The molecule has 1 aromatic carbocycles. The number of aryl methyl sites for hydroxylation is 1. The molecule has 1 aromatic heterocycles. The van der Waals surface area contributed by atoms with Crippen LogP contribution in [0.25, 0.3) is 0 Å². The Morgan fingerprint density at radius 1 is 1.20 bits per heavy atom. The molecule has 3 rings (SSSR count). The molecule has 0 N–H and O–H groups in total. The molecule has 0 unspecified atom stereocenters. The summed E-state index contributed by atoms with van der Waals surface area (Å²) < 4.78 is 2.20. The summed E-state index contributed by atoms with van der Waals surface area (Å²) in [7, 11) is 0. The summed E-state index contributed by atoms with van der Waals surface area (Å²) in [6, 6.07) is 6.77. The highest BCUT2D eigenvalue weighted by Crippen LogP contribution is 2.28. The number of nitro benzene ring substituents is 1. The average Bonchev–Trinajstić information content (AvgIpc) is 2.99. The Hall–Kier alpha value is -2.55. The van der Waals surface area contributed by atoms with Gasteiger partial charge in [-0.15, -0.1) is 0 Å². The highest BCUT2D eigenvalue weighted by Gasteiger charge is 2.26. The maximum Gasteiger partial charge on any atom is 0.292 e. The maximum absolute atomic E-state index is 12.8. The molecule has 2 heterocycles. The Morgan fingerprint density at radius 2 is 1.87 bits per heavy atom. The first-order valence-corrected chi connectivity index (χ1v) is 11.2. The predicted octanol–water partition coefficient (Wildman–Crippen LogP) is 3.51. The van der Waals surface area contributed by atoms with E-state index in [9.17, 15) is 14.9 Å². The van der Waals surface area contributed by atoms with Crippen molar-refractivity contribution in [3.05, 3.63) is 45.8 Å². The first-order valence-electron chi connectivity index (χ1n) is 10.2. The van der Waals surface area contributed by atoms with Gasteiger partial charge in [-0.3, -0.25) is 14.9 Å². The molecule has 0 aliphatic carbocycles. The number of anilines is 1. The fourth-order valence-electron chi connectivity index (χ4n) is 3.61. The molecule has 0 radical (unpaired) electrons. The number of nitro groups is 1. The molecule has 0 atom stereocenters. The minimum Gasteiger partial charge on any atom is -0.362 e.